The highest BCUT2D eigenvalue weighted by Crippen LogP contribution is 2.60. The first kappa shape index (κ1) is 41.8. The van der Waals surface area contributed by atoms with E-state index in [9.17, 15) is 4.79 Å². The molecule has 0 radical (unpaired) electrons. The normalized spacial score (nSPS) is 28.4. The average Bonchev–Trinajstić information content (AvgIpc) is 3.26. The van der Waals surface area contributed by atoms with E-state index in [0.717, 1.165) is 72.5 Å². The summed E-state index contributed by atoms with van der Waals surface area (Å²) in [4.78, 5) is 14.4. The van der Waals surface area contributed by atoms with Gasteiger partial charge in [-0.3, -0.25) is 10.1 Å². The quantitative estimate of drug-likeness (QED) is 0.0769. The maximum atomic E-state index is 14.4. The molecule has 314 valence electrons. The summed E-state index contributed by atoms with van der Waals surface area (Å²) in [5.41, 5.74) is 4.65. The van der Waals surface area contributed by atoms with Crippen LogP contribution in [0.1, 0.15) is 80.0 Å². The lowest BCUT2D eigenvalue weighted by Gasteiger charge is -2.56. The lowest BCUT2D eigenvalue weighted by atomic mass is 9.50. The number of amides is 1. The van der Waals surface area contributed by atoms with Crippen LogP contribution in [0.2, 0.25) is 0 Å². The summed E-state index contributed by atoms with van der Waals surface area (Å²) in [6, 6.07) is 39.5. The first-order valence-corrected chi connectivity index (χ1v) is 22.3. The third-order valence-electron chi connectivity index (χ3n) is 13.2. The van der Waals surface area contributed by atoms with Crippen LogP contribution in [-0.2, 0) is 54.9 Å². The topological polar surface area (TPSA) is 87.3 Å². The molecule has 9 rings (SSSR count). The maximum absolute atomic E-state index is 14.4. The number of unbranched alkanes of at least 4 members (excludes halogenated alkanes) is 2. The Hall–Kier alpha value is -3.89. The van der Waals surface area contributed by atoms with Crippen molar-refractivity contribution in [2.24, 2.45) is 23.2 Å². The predicted octanol–water partition coefficient (Wildman–Crippen LogP) is 8.82. The molecule has 1 amide bonds. The summed E-state index contributed by atoms with van der Waals surface area (Å²) in [7, 11) is 0. The van der Waals surface area contributed by atoms with E-state index in [1.54, 1.807) is 0 Å². The lowest BCUT2D eigenvalue weighted by Crippen LogP contribution is -2.71. The first-order valence-electron chi connectivity index (χ1n) is 22.3. The molecule has 8 nitrogen and oxygen atoms in total. The van der Waals surface area contributed by atoms with E-state index < -0.39 is 24.4 Å². The Morgan fingerprint density at radius 1 is 0.559 bits per heavy atom. The van der Waals surface area contributed by atoms with E-state index in [2.05, 4.69) is 47.0 Å². The minimum atomic E-state index is -0.704. The molecule has 2 N–H and O–H groups in total. The number of ether oxygens (including phenoxy) is 5. The van der Waals surface area contributed by atoms with Crippen molar-refractivity contribution in [1.82, 2.24) is 10.6 Å². The van der Waals surface area contributed by atoms with Crippen molar-refractivity contribution in [3.63, 3.8) is 0 Å². The number of benzene rings is 4. The second kappa shape index (κ2) is 21.1. The number of hydrogen-bond acceptors (Lipinski definition) is 7. The predicted molar refractivity (Wildman–Crippen MR) is 230 cm³/mol. The smallest absolute Gasteiger partial charge is 0.239 e. The highest BCUT2D eigenvalue weighted by atomic mass is 16.6. The maximum Gasteiger partial charge on any atom is 0.239 e. The van der Waals surface area contributed by atoms with Gasteiger partial charge in [0.05, 0.1) is 45.7 Å². The molecule has 1 saturated heterocycles. The van der Waals surface area contributed by atoms with Crippen LogP contribution in [0.25, 0.3) is 0 Å². The van der Waals surface area contributed by atoms with Gasteiger partial charge in [0, 0.05) is 13.2 Å². The van der Waals surface area contributed by atoms with Gasteiger partial charge in [-0.15, -0.1) is 0 Å². The molecule has 4 aliphatic carbocycles. The molecule has 8 heteroatoms. The highest BCUT2D eigenvalue weighted by Gasteiger charge is 2.51. The van der Waals surface area contributed by atoms with Gasteiger partial charge >= 0.3 is 0 Å². The molecule has 0 aromatic heterocycles. The zero-order chi connectivity index (χ0) is 40.1. The summed E-state index contributed by atoms with van der Waals surface area (Å²) in [6.45, 7) is 4.12. The summed E-state index contributed by atoms with van der Waals surface area (Å²) >= 11 is 0. The number of nitrogens with one attached hydrogen (secondary N) is 2. The monoisotopic (exact) mass is 800 g/mol. The highest BCUT2D eigenvalue weighted by molar-refractivity contribution is 5.82. The van der Waals surface area contributed by atoms with Crippen molar-refractivity contribution in [2.45, 2.75) is 115 Å². The molecule has 4 bridgehead atoms. The van der Waals surface area contributed by atoms with Gasteiger partial charge in [0.15, 0.2) is 0 Å². The Morgan fingerprint density at radius 3 is 1.56 bits per heavy atom. The third kappa shape index (κ3) is 11.7. The standard InChI is InChI=1S/C51H64N2O6/c54-50(52-24-14-5-15-25-55-37-51-29-42-26-43(30-51)28-44(27-42)31-51)46-48(58-34-40-20-10-3-11-21-40)49(59-35-41-22-12-4-13-23-41)47(57-33-39-18-8-2-9-19-39)45(53-46)36-56-32-38-16-6-1-7-17-38/h1-4,6-13,16-23,42-49,53H,5,14-15,24-37H2,(H,52,54)/t42?,43?,44?,45-,46+,47-,48+,49+,51?/m1/s1. The molecular weight excluding hydrogens is 737 g/mol. The van der Waals surface area contributed by atoms with Gasteiger partial charge in [-0.05, 0) is 103 Å². The van der Waals surface area contributed by atoms with Gasteiger partial charge in [0.25, 0.3) is 0 Å². The summed E-state index contributed by atoms with van der Waals surface area (Å²) in [5, 5.41) is 6.95. The number of rotatable bonds is 22. The molecule has 4 aromatic carbocycles. The lowest BCUT2D eigenvalue weighted by molar-refractivity contribution is -0.196. The van der Waals surface area contributed by atoms with Gasteiger partial charge in [-0.2, -0.15) is 0 Å². The van der Waals surface area contributed by atoms with Crippen LogP contribution >= 0.6 is 0 Å². The van der Waals surface area contributed by atoms with Crippen LogP contribution in [0.15, 0.2) is 121 Å². The van der Waals surface area contributed by atoms with Gasteiger partial charge < -0.3 is 29.0 Å². The second-order valence-corrected chi connectivity index (χ2v) is 17.9. The van der Waals surface area contributed by atoms with Crippen LogP contribution in [0.5, 0.6) is 0 Å². The molecule has 5 atom stereocenters. The minimum absolute atomic E-state index is 0.107. The van der Waals surface area contributed by atoms with E-state index in [1.807, 2.05) is 84.9 Å². The summed E-state index contributed by atoms with van der Waals surface area (Å²) in [5.74, 6) is 2.74. The summed E-state index contributed by atoms with van der Waals surface area (Å²) < 4.78 is 33.2. The van der Waals surface area contributed by atoms with Crippen molar-refractivity contribution in [3.05, 3.63) is 144 Å². The van der Waals surface area contributed by atoms with Crippen molar-refractivity contribution in [1.29, 1.82) is 0 Å². The van der Waals surface area contributed by atoms with Gasteiger partial charge in [-0.1, -0.05) is 121 Å². The fraction of sp³-hybridized carbons (Fsp3) is 0.510. The Bertz CT molecular complexity index is 1790. The largest absolute Gasteiger partial charge is 0.381 e. The zero-order valence-electron chi connectivity index (χ0n) is 34.6. The van der Waals surface area contributed by atoms with Crippen LogP contribution in [0.4, 0.5) is 0 Å². The fourth-order valence-corrected chi connectivity index (χ4v) is 10.7. The molecule has 1 aliphatic heterocycles. The number of carbonyl (C=O) groups excluding carboxylic acids is 1. The number of hydrogen-bond donors (Lipinski definition) is 2. The van der Waals surface area contributed by atoms with Crippen LogP contribution in [-0.4, -0.2) is 62.7 Å². The zero-order valence-corrected chi connectivity index (χ0v) is 34.6. The van der Waals surface area contributed by atoms with Gasteiger partial charge in [0.1, 0.15) is 24.4 Å². The van der Waals surface area contributed by atoms with E-state index >= 15 is 0 Å². The third-order valence-corrected chi connectivity index (χ3v) is 13.2. The van der Waals surface area contributed by atoms with Crippen LogP contribution in [0.3, 0.4) is 0 Å². The molecular formula is C51H64N2O6. The van der Waals surface area contributed by atoms with E-state index in [1.165, 1.54) is 38.5 Å². The second-order valence-electron chi connectivity index (χ2n) is 17.9. The molecule has 1 heterocycles. The molecule has 5 fully saturated rings. The molecule has 4 aromatic rings. The van der Waals surface area contributed by atoms with Crippen molar-refractivity contribution in [3.8, 4) is 0 Å². The van der Waals surface area contributed by atoms with Crippen LogP contribution in [0, 0.1) is 23.2 Å². The molecule has 59 heavy (non-hydrogen) atoms. The molecule has 0 spiro atoms. The SMILES string of the molecule is O=C(NCCCCCOCC12CC3CC(CC(C3)C1)C2)[C@H]1N[C@H](COCc2ccccc2)[C@@H](OCc2ccccc2)[C@H](OCc2ccccc2)[C@H]1OCc1ccccc1. The Balaban J connectivity index is 0.939. The van der Waals surface area contributed by atoms with Crippen molar-refractivity contribution in [2.75, 3.05) is 26.4 Å². The van der Waals surface area contributed by atoms with E-state index in [-0.39, 0.29) is 11.9 Å². The van der Waals surface area contributed by atoms with E-state index in [0.29, 0.717) is 45.0 Å². The summed E-state index contributed by atoms with van der Waals surface area (Å²) in [6.07, 6.45) is 9.71. The fourth-order valence-electron chi connectivity index (χ4n) is 10.7. The van der Waals surface area contributed by atoms with Crippen molar-refractivity contribution >= 4 is 5.91 Å². The van der Waals surface area contributed by atoms with Gasteiger partial charge in [-0.25, -0.2) is 0 Å². The van der Waals surface area contributed by atoms with Gasteiger partial charge in [0.2, 0.25) is 5.91 Å². The Labute approximate surface area is 351 Å². The minimum Gasteiger partial charge on any atom is -0.381 e. The van der Waals surface area contributed by atoms with E-state index in [4.69, 9.17) is 23.7 Å². The Kier molecular flexibility index (Phi) is 14.9. The Morgan fingerprint density at radius 2 is 1.03 bits per heavy atom. The number of piperidine rings is 1. The van der Waals surface area contributed by atoms with Crippen LogP contribution < -0.4 is 10.6 Å². The molecule has 4 saturated carbocycles. The average molecular weight is 801 g/mol. The first-order chi connectivity index (χ1) is 29.1. The van der Waals surface area contributed by atoms with Crippen molar-refractivity contribution < 1.29 is 28.5 Å². The molecule has 5 aliphatic rings. The number of carbonyl (C=O) groups is 1. The molecule has 0 unspecified atom stereocenters.